The molecule has 9 heterocycles. The van der Waals surface area contributed by atoms with Gasteiger partial charge in [-0.2, -0.15) is 14.6 Å². The van der Waals surface area contributed by atoms with E-state index in [1.165, 1.54) is 74.8 Å². The number of rotatable bonds is 28. The quantitative estimate of drug-likeness (QED) is 0.00446. The second-order valence-electron chi connectivity index (χ2n) is 25.3. The summed E-state index contributed by atoms with van der Waals surface area (Å²) < 4.78 is 15.9. The molecule has 10 rings (SSSR count). The zero-order chi connectivity index (χ0) is 90.1. The number of imidazole rings is 4. The first-order valence-corrected chi connectivity index (χ1v) is 44.5. The van der Waals surface area contributed by atoms with Gasteiger partial charge in [0, 0.05) is 108 Å². The van der Waals surface area contributed by atoms with Gasteiger partial charge in [-0.1, -0.05) is 73.1 Å². The van der Waals surface area contributed by atoms with E-state index in [2.05, 4.69) is 178 Å². The van der Waals surface area contributed by atoms with Crippen LogP contribution in [0.3, 0.4) is 0 Å². The van der Waals surface area contributed by atoms with Gasteiger partial charge in [-0.25, -0.2) is 38.6 Å². The number of aliphatic hydroxyl groups excluding tert-OH is 3. The van der Waals surface area contributed by atoms with Crippen LogP contribution in [0.15, 0.2) is 135 Å². The van der Waals surface area contributed by atoms with Crippen molar-refractivity contribution in [3.05, 3.63) is 127 Å². The van der Waals surface area contributed by atoms with Crippen LogP contribution in [0.1, 0.15) is 11.3 Å². The smallest absolute Gasteiger partial charge is 0.375 e. The Bertz CT molecular complexity index is 4350. The number of aliphatic hydroxyl groups is 3. The van der Waals surface area contributed by atoms with E-state index in [1.807, 2.05) is 104 Å². The number of nitrogens with one attached hydrogen (secondary N) is 7. The minimum Gasteiger partial charge on any atom is -0.493 e. The molecule has 0 radical (unpaired) electrons. The van der Waals surface area contributed by atoms with Gasteiger partial charge in [-0.3, -0.25) is 55.2 Å². The SMILES string of the molecule is C=CSC=C(O)N=C1C=[N+](C)C=N1.CN1CCN(C(=O)CSCC=[NH2+])CC1.CN1CCN(C(=O)C[SH2+])CC1.CN1CC[N+](=C(O)C=S)CC1.C[n+]1c[nH]c(N=CC=S)c1.C[n+]1c[nH]c(NC(=O)C=S)c1.Cc1ccc([NH+]=C(O)C=S)cc1.Cn1cnc(NC(=O)CSCC=[NH2+])c1.Cn1cnc(NC(=O)C[SH2+])c1.[NH2+]=CCSCC(=O)NCc1ccco1. The number of nitrogens with zero attached hydrogens (tertiary/aromatic N) is 16. The minimum absolute atomic E-state index is 0.00569. The molecule has 6 aromatic rings. The monoisotopic (exact) mass is 1860 g/mol. The van der Waals surface area contributed by atoms with Gasteiger partial charge < -0.3 is 64.4 Å². The van der Waals surface area contributed by atoms with Crippen LogP contribution in [-0.2, 0) is 88.8 Å². The zero-order valence-corrected chi connectivity index (χ0v) is 78.0. The normalized spacial score (nSPS) is 13.8. The van der Waals surface area contributed by atoms with Gasteiger partial charge in [0.15, 0.2) is 54.8 Å². The average molecular weight is 1860 g/mol. The number of likely N-dealkylation sites (N-methyl/N-ethyl adjacent to an activating group) is 3. The van der Waals surface area contributed by atoms with E-state index < -0.39 is 0 Å². The number of aromatic nitrogens is 8. The molecule has 46 heteroatoms. The number of aryl methyl sites for hydroxylation is 5. The number of anilines is 3. The molecule has 0 aliphatic carbocycles. The number of hydrogen-bond acceptors (Lipinski definition) is 23. The molecule has 5 aromatic heterocycles. The van der Waals surface area contributed by atoms with Crippen molar-refractivity contribution in [2.45, 2.75) is 13.5 Å². The van der Waals surface area contributed by atoms with Crippen LogP contribution in [0.2, 0.25) is 0 Å². The Labute approximate surface area is 755 Å². The molecule has 3 fully saturated rings. The van der Waals surface area contributed by atoms with Crippen molar-refractivity contribution in [3.8, 4) is 0 Å². The number of furan rings is 1. The van der Waals surface area contributed by atoms with Crippen molar-refractivity contribution >= 4 is 262 Å². The fourth-order valence-corrected chi connectivity index (χ4v) is 11.4. The number of aliphatic imine (C=N–C) groups is 3. The lowest BCUT2D eigenvalue weighted by molar-refractivity contribution is -0.669. The largest absolute Gasteiger partial charge is 0.493 e. The summed E-state index contributed by atoms with van der Waals surface area (Å²) in [6.07, 6.45) is 25.0. The molecular weight excluding hydrogens is 1750 g/mol. The maximum atomic E-state index is 11.6. The third kappa shape index (κ3) is 55.9. The highest BCUT2D eigenvalue weighted by molar-refractivity contribution is 8.04. The zero-order valence-electron chi connectivity index (χ0n) is 69.5. The highest BCUT2D eigenvalue weighted by Crippen LogP contribution is 2.10. The van der Waals surface area contributed by atoms with Crippen LogP contribution in [0, 0.1) is 6.92 Å². The van der Waals surface area contributed by atoms with Gasteiger partial charge in [0.25, 0.3) is 29.9 Å². The van der Waals surface area contributed by atoms with Gasteiger partial charge in [-0.05, 0) is 75.9 Å². The van der Waals surface area contributed by atoms with Crippen molar-refractivity contribution in [2.75, 3.05) is 169 Å². The Balaban J connectivity index is 0.000000673. The first kappa shape index (κ1) is 109. The summed E-state index contributed by atoms with van der Waals surface area (Å²) in [5, 5.41) is 61.7. The number of H-pyrrole nitrogens is 2. The van der Waals surface area contributed by atoms with Gasteiger partial charge in [0.1, 0.15) is 35.1 Å². The number of piperazine rings is 3. The first-order valence-electron chi connectivity index (χ1n) is 36.8. The number of carbonyl (C=O) groups is 6. The third-order valence-electron chi connectivity index (χ3n) is 15.0. The number of aromatic amines is 2. The summed E-state index contributed by atoms with van der Waals surface area (Å²) in [6, 6.07) is 11.3. The molecule has 16 N–H and O–H groups in total. The average Bonchev–Trinajstić information content (AvgIpc) is 1.55. The Hall–Kier alpha value is -9.59. The Morgan fingerprint density at radius 1 is 0.678 bits per heavy atom. The van der Waals surface area contributed by atoms with E-state index in [4.69, 9.17) is 25.8 Å². The van der Waals surface area contributed by atoms with E-state index in [-0.39, 0.29) is 58.9 Å². The number of carbonyl (C=O) groups excluding carboxylic acids is 6. The summed E-state index contributed by atoms with van der Waals surface area (Å²) in [7, 11) is 15.5. The molecule has 0 spiro atoms. The first-order chi connectivity index (χ1) is 58.0. The number of amides is 6. The lowest BCUT2D eigenvalue weighted by Gasteiger charge is -2.32. The summed E-state index contributed by atoms with van der Waals surface area (Å²) >= 11 is 30.2. The number of amidine groups is 1. The highest BCUT2D eigenvalue weighted by atomic mass is 32.2. The van der Waals surface area contributed by atoms with Crippen LogP contribution in [0.25, 0.3) is 0 Å². The van der Waals surface area contributed by atoms with Crippen molar-refractivity contribution in [3.63, 3.8) is 0 Å². The molecule has 0 bridgehead atoms. The molecule has 121 heavy (non-hydrogen) atoms. The van der Waals surface area contributed by atoms with Gasteiger partial charge in [0.05, 0.1) is 99.6 Å². The lowest BCUT2D eigenvalue weighted by atomic mass is 10.2. The van der Waals surface area contributed by atoms with Crippen LogP contribution in [0.4, 0.5) is 29.0 Å². The molecule has 0 atom stereocenters. The predicted molar refractivity (Wildman–Crippen MR) is 515 cm³/mol. The molecule has 4 aliphatic rings. The van der Waals surface area contributed by atoms with Crippen molar-refractivity contribution in [1.82, 2.24) is 58.9 Å². The summed E-state index contributed by atoms with van der Waals surface area (Å²) in [5.41, 5.74) is 2.02. The van der Waals surface area contributed by atoms with Crippen molar-refractivity contribution in [1.29, 1.82) is 0 Å². The second-order valence-corrected chi connectivity index (χ2v) is 30.9. The number of hydrogen-bond donors (Lipinski definition) is 13. The molecule has 4 aliphatic heterocycles. The maximum Gasteiger partial charge on any atom is 0.375 e. The van der Waals surface area contributed by atoms with Crippen LogP contribution in [0.5, 0.6) is 0 Å². The minimum atomic E-state index is -0.289. The predicted octanol–water partition coefficient (Wildman–Crippen LogP) is -2.90. The van der Waals surface area contributed by atoms with Crippen molar-refractivity contribution in [2.24, 2.45) is 43.2 Å². The number of thioether (sulfide) groups is 4. The van der Waals surface area contributed by atoms with Gasteiger partial charge >= 0.3 is 17.6 Å². The molecule has 36 nitrogen and oxygen atoms in total. The second kappa shape index (κ2) is 68.0. The summed E-state index contributed by atoms with van der Waals surface area (Å²) in [4.78, 5) is 105. The standard InChI is InChI=1S/C9H17N3OS.C9H12N2O2S.C9H9NOS.C8H12N4OS.C8H9N3OS.C7H14N2OS.C7H12N2OS.C6H9N3OS.C6H7N3OS.C6H7N3S/c1-11-3-5-12(6-4-11)9(13)8-14-7-2-10;10-3-5-14-7-9(12)11-6-8-2-1-4-13-8;1-7-2-4-8(5-3-7)10-9(11)6-12;1-12-4-7(10-6-12)11-8(13)5-14-3-2-9;1-3-13-5-8(12)10-7-4-11(2)6-9-7;2*1-8-2-4-9(5-3-8)7(10)6-11;2*1-9-2-5(7-4-9)8-6(10)3-11;1-9-4-6(8-5-9)7-2-3-10/h2,10H,3-8H2,1H3;1-4,10H,5-7H2,(H,11,12);2-6H,1H3,(H,10,11);2,4,6,9H,3,5H2,1H3,(H,11,13);3-6H,1H2,2H3;11H,2-6H2,1H3;6H,2-5H2,1H3;2,4,11H,3H2,1H3,(H,8,10);2-4H,1H3,(H,8,10);2-5H,1H3/p+10. The Morgan fingerprint density at radius 2 is 1.21 bits per heavy atom. The van der Waals surface area contributed by atoms with Gasteiger partial charge in [-0.15, -0.1) is 47.0 Å². The van der Waals surface area contributed by atoms with Crippen LogP contribution >= 0.6 is 95.9 Å². The molecule has 0 saturated carbocycles. The fraction of sp³-hybridized carbons (Fsp3) is 0.400. The van der Waals surface area contributed by atoms with Crippen molar-refractivity contribution < 1.29 is 88.0 Å². The summed E-state index contributed by atoms with van der Waals surface area (Å²) in [5.74, 6) is 8.22. The molecule has 3 saturated heterocycles. The molecule has 0 unspecified atom stereocenters. The lowest BCUT2D eigenvalue weighted by Crippen LogP contribution is -2.66. The summed E-state index contributed by atoms with van der Waals surface area (Å²) in [6.45, 7) is 17.1. The Kier molecular flexibility index (Phi) is 61.5. The van der Waals surface area contributed by atoms with E-state index in [0.29, 0.717) is 64.4 Å². The number of thiocarbonyl (C=S) groups is 4. The molecule has 658 valence electrons. The maximum absolute atomic E-state index is 11.6. The molecule has 6 amide bonds. The van der Waals surface area contributed by atoms with E-state index in [9.17, 15) is 39.0 Å². The van der Waals surface area contributed by atoms with E-state index in [0.717, 1.165) is 107 Å². The van der Waals surface area contributed by atoms with E-state index >= 15 is 0 Å². The van der Waals surface area contributed by atoms with Crippen LogP contribution < -0.4 is 51.6 Å². The highest BCUT2D eigenvalue weighted by Gasteiger charge is 2.21. The van der Waals surface area contributed by atoms with Gasteiger partial charge in [0.2, 0.25) is 47.8 Å². The Morgan fingerprint density at radius 3 is 1.66 bits per heavy atom. The molecular formula is C75H118N26O10S10+10. The topological polar surface area (TPSA) is 449 Å². The number of benzene rings is 1. The third-order valence-corrected chi connectivity index (χ3v) is 19.6. The van der Waals surface area contributed by atoms with Crippen LogP contribution in [-0.4, -0.2) is 343 Å². The fourth-order valence-electron chi connectivity index (χ4n) is 8.87. The van der Waals surface area contributed by atoms with E-state index in [1.54, 1.807) is 110 Å². The number of nitrogens with two attached hydrogens (primary N) is 3. The molecule has 1 aromatic carbocycles.